The number of hydrogen-bond acceptors (Lipinski definition) is 8. The Hall–Kier alpha value is -1.62. The van der Waals surface area contributed by atoms with E-state index in [1.165, 1.54) is 0 Å². The third kappa shape index (κ3) is 7.73. The summed E-state index contributed by atoms with van der Waals surface area (Å²) in [6.07, 6.45) is 0.754. The molecule has 0 amide bonds. The van der Waals surface area contributed by atoms with Gasteiger partial charge in [0.2, 0.25) is 0 Å². The summed E-state index contributed by atoms with van der Waals surface area (Å²) in [6, 6.07) is 6.89. The van der Waals surface area contributed by atoms with Crippen molar-refractivity contribution in [3.8, 4) is 0 Å². The molecule has 0 bridgehead atoms. The average molecular weight is 367 g/mol. The van der Waals surface area contributed by atoms with Gasteiger partial charge in [0.05, 0.1) is 4.92 Å². The molecule has 0 spiro atoms. The minimum absolute atomic E-state index is 0.0963. The molecule has 1 rings (SSSR count). The molecule has 0 radical (unpaired) electrons. The van der Waals surface area contributed by atoms with Crippen LogP contribution >= 0.6 is 0 Å². The number of nitro benzene ring substituents is 1. The molecule has 148 valence electrons. The summed E-state index contributed by atoms with van der Waals surface area (Å²) in [5.74, 6) is 0. The fourth-order valence-corrected chi connectivity index (χ4v) is 3.10. The van der Waals surface area contributed by atoms with Crippen LogP contribution in [0.1, 0.15) is 5.56 Å². The molecule has 8 N–H and O–H groups in total. The number of benzene rings is 1. The zero-order valence-electron chi connectivity index (χ0n) is 15.4. The van der Waals surface area contributed by atoms with Crippen LogP contribution in [0, 0.1) is 10.1 Å². The third-order valence-electron chi connectivity index (χ3n) is 4.33. The van der Waals surface area contributed by atoms with Gasteiger partial charge in [-0.25, -0.2) is 0 Å². The second-order valence-corrected chi connectivity index (χ2v) is 6.27. The molecule has 1 aromatic carbocycles. The molecule has 9 heteroatoms. The second-order valence-electron chi connectivity index (χ2n) is 6.27. The largest absolute Gasteiger partial charge is 0.329 e. The molecule has 9 nitrogen and oxygen atoms in total. The lowest BCUT2D eigenvalue weighted by Gasteiger charge is -2.35. The van der Waals surface area contributed by atoms with Gasteiger partial charge in [-0.1, -0.05) is 12.1 Å². The lowest BCUT2D eigenvalue weighted by atomic mass is 10.0. The minimum atomic E-state index is -0.388. The van der Waals surface area contributed by atoms with Crippen LogP contribution in [0.3, 0.4) is 0 Å². The number of non-ortho nitro benzene ring substituents is 1. The minimum Gasteiger partial charge on any atom is -0.329 e. The fraction of sp³-hybridized carbons (Fsp3) is 0.647. The monoisotopic (exact) mass is 367 g/mol. The molecule has 0 aliphatic heterocycles. The molecule has 26 heavy (non-hydrogen) atoms. The van der Waals surface area contributed by atoms with E-state index in [0.29, 0.717) is 26.2 Å². The van der Waals surface area contributed by atoms with E-state index in [4.69, 9.17) is 22.9 Å². The van der Waals surface area contributed by atoms with Gasteiger partial charge in [-0.15, -0.1) is 0 Å². The Morgan fingerprint density at radius 3 is 1.81 bits per heavy atom. The molecule has 0 saturated heterocycles. The van der Waals surface area contributed by atoms with Crippen molar-refractivity contribution in [3.63, 3.8) is 0 Å². The maximum Gasteiger partial charge on any atom is 0.269 e. The SMILES string of the molecule is NCCN(CCN)CC(Cc1ccc([N+](=O)[O-])cc1)N(CCN)CCN. The zero-order chi connectivity index (χ0) is 19.4. The topological polar surface area (TPSA) is 154 Å². The summed E-state index contributed by atoms with van der Waals surface area (Å²) >= 11 is 0. The number of nitro groups is 1. The van der Waals surface area contributed by atoms with E-state index < -0.39 is 0 Å². The Morgan fingerprint density at radius 1 is 0.885 bits per heavy atom. The highest BCUT2D eigenvalue weighted by atomic mass is 16.6. The zero-order valence-corrected chi connectivity index (χ0v) is 15.4. The van der Waals surface area contributed by atoms with Crippen molar-refractivity contribution in [1.82, 2.24) is 9.80 Å². The van der Waals surface area contributed by atoms with Crippen molar-refractivity contribution in [1.29, 1.82) is 0 Å². The van der Waals surface area contributed by atoms with Crippen molar-refractivity contribution in [2.75, 3.05) is 58.9 Å². The van der Waals surface area contributed by atoms with Gasteiger partial charge in [0.15, 0.2) is 0 Å². The number of nitrogens with zero attached hydrogens (tertiary/aromatic N) is 3. The Balaban J connectivity index is 2.94. The van der Waals surface area contributed by atoms with Gasteiger partial charge < -0.3 is 22.9 Å². The van der Waals surface area contributed by atoms with E-state index in [2.05, 4.69) is 9.80 Å². The van der Waals surface area contributed by atoms with Crippen molar-refractivity contribution in [2.45, 2.75) is 12.5 Å². The van der Waals surface area contributed by atoms with Gasteiger partial charge >= 0.3 is 0 Å². The van der Waals surface area contributed by atoms with Gasteiger partial charge in [0.1, 0.15) is 0 Å². The molecule has 1 atom stereocenters. The summed E-state index contributed by atoms with van der Waals surface area (Å²) in [5, 5.41) is 10.8. The van der Waals surface area contributed by atoms with E-state index in [9.17, 15) is 10.1 Å². The number of nitrogens with two attached hydrogens (primary N) is 4. The van der Waals surface area contributed by atoms with Crippen molar-refractivity contribution in [2.24, 2.45) is 22.9 Å². The maximum absolute atomic E-state index is 10.8. The maximum atomic E-state index is 10.8. The molecule has 0 saturated carbocycles. The summed E-state index contributed by atoms with van der Waals surface area (Å²) in [5.41, 5.74) is 24.2. The van der Waals surface area contributed by atoms with Crippen LogP contribution in [0.15, 0.2) is 24.3 Å². The summed E-state index contributed by atoms with van der Waals surface area (Å²) in [4.78, 5) is 15.0. The van der Waals surface area contributed by atoms with Crippen LogP contribution < -0.4 is 22.9 Å². The van der Waals surface area contributed by atoms with Crippen molar-refractivity contribution in [3.05, 3.63) is 39.9 Å². The Morgan fingerprint density at radius 2 is 1.38 bits per heavy atom. The third-order valence-corrected chi connectivity index (χ3v) is 4.33. The van der Waals surface area contributed by atoms with Gasteiger partial charge in [-0.2, -0.15) is 0 Å². The Labute approximate surface area is 155 Å². The van der Waals surface area contributed by atoms with Gasteiger partial charge in [0.25, 0.3) is 5.69 Å². The smallest absolute Gasteiger partial charge is 0.269 e. The molecule has 0 heterocycles. The van der Waals surface area contributed by atoms with E-state index >= 15 is 0 Å². The number of hydrogen-bond donors (Lipinski definition) is 4. The molecule has 0 aliphatic rings. The highest BCUT2D eigenvalue weighted by molar-refractivity contribution is 5.33. The highest BCUT2D eigenvalue weighted by Gasteiger charge is 2.21. The molecular weight excluding hydrogens is 334 g/mol. The van der Waals surface area contributed by atoms with Crippen LogP contribution in [0.2, 0.25) is 0 Å². The lowest BCUT2D eigenvalue weighted by molar-refractivity contribution is -0.384. The molecular formula is C17H33N7O2. The predicted molar refractivity (Wildman–Crippen MR) is 105 cm³/mol. The molecule has 1 unspecified atom stereocenters. The van der Waals surface area contributed by atoms with E-state index in [-0.39, 0.29) is 16.7 Å². The van der Waals surface area contributed by atoms with Crippen LogP contribution in [-0.2, 0) is 6.42 Å². The van der Waals surface area contributed by atoms with Crippen molar-refractivity contribution >= 4 is 5.69 Å². The molecule has 0 fully saturated rings. The fourth-order valence-electron chi connectivity index (χ4n) is 3.10. The molecule has 0 aliphatic carbocycles. The quantitative estimate of drug-likeness (QED) is 0.240. The Kier molecular flexibility index (Phi) is 10.9. The number of rotatable bonds is 14. The normalized spacial score (nSPS) is 12.7. The Bertz CT molecular complexity index is 500. The van der Waals surface area contributed by atoms with Crippen LogP contribution in [0.4, 0.5) is 5.69 Å². The molecule has 1 aromatic rings. The highest BCUT2D eigenvalue weighted by Crippen LogP contribution is 2.16. The average Bonchev–Trinajstić information content (AvgIpc) is 2.62. The first-order valence-electron chi connectivity index (χ1n) is 9.05. The lowest BCUT2D eigenvalue weighted by Crippen LogP contribution is -2.50. The van der Waals surface area contributed by atoms with Crippen LogP contribution in [0.25, 0.3) is 0 Å². The van der Waals surface area contributed by atoms with Crippen LogP contribution in [-0.4, -0.2) is 79.7 Å². The van der Waals surface area contributed by atoms with Crippen molar-refractivity contribution < 1.29 is 4.92 Å². The first kappa shape index (κ1) is 22.4. The molecule has 0 aromatic heterocycles. The summed E-state index contributed by atoms with van der Waals surface area (Å²) in [7, 11) is 0. The summed E-state index contributed by atoms with van der Waals surface area (Å²) in [6.45, 7) is 6.05. The first-order valence-corrected chi connectivity index (χ1v) is 9.05. The van der Waals surface area contributed by atoms with Crippen LogP contribution in [0.5, 0.6) is 0 Å². The predicted octanol–water partition coefficient (Wildman–Crippen LogP) is -1.06. The second kappa shape index (κ2) is 12.7. The van der Waals surface area contributed by atoms with E-state index in [1.54, 1.807) is 12.1 Å². The van der Waals surface area contributed by atoms with Gasteiger partial charge in [-0.3, -0.25) is 19.9 Å². The summed E-state index contributed by atoms with van der Waals surface area (Å²) < 4.78 is 0. The standard InChI is InChI=1S/C17H33N7O2/c18-5-9-22(10-6-19)14-17(23(11-7-20)12-8-21)13-15-1-3-16(4-2-15)24(25)26/h1-4,17H,5-14,18-21H2. The van der Waals surface area contributed by atoms with E-state index in [0.717, 1.165) is 44.7 Å². The van der Waals surface area contributed by atoms with E-state index in [1.807, 2.05) is 12.1 Å². The van der Waals surface area contributed by atoms with Gasteiger partial charge in [-0.05, 0) is 12.0 Å². The van der Waals surface area contributed by atoms with Gasteiger partial charge in [0, 0.05) is 77.1 Å². The first-order chi connectivity index (χ1) is 12.5.